The predicted molar refractivity (Wildman–Crippen MR) is 163 cm³/mol. The van der Waals surface area contributed by atoms with Crippen molar-refractivity contribution in [3.05, 3.63) is 57.0 Å². The Morgan fingerprint density at radius 1 is 1.07 bits per heavy atom. The minimum Gasteiger partial charge on any atom is -0.496 e. The summed E-state index contributed by atoms with van der Waals surface area (Å²) in [5.74, 6) is 0.194. The highest BCUT2D eigenvalue weighted by molar-refractivity contribution is 7.16. The van der Waals surface area contributed by atoms with Crippen LogP contribution in [0, 0.1) is 5.92 Å². The summed E-state index contributed by atoms with van der Waals surface area (Å²) in [6.07, 6.45) is 8.12. The zero-order valence-corrected chi connectivity index (χ0v) is 25.2. The fourth-order valence-electron chi connectivity index (χ4n) is 5.54. The number of nitrogens with zero attached hydrogens (tertiary/aromatic N) is 2. The Morgan fingerprint density at radius 2 is 1.83 bits per heavy atom. The molecule has 41 heavy (non-hydrogen) atoms. The molecule has 2 heterocycles. The minimum atomic E-state index is -1.06. The number of ether oxygens (including phenoxy) is 2. The molecule has 2 N–H and O–H groups in total. The number of carboxylic acid groups (broad SMARTS) is 1. The summed E-state index contributed by atoms with van der Waals surface area (Å²) in [7, 11) is 3.13. The van der Waals surface area contributed by atoms with E-state index < -0.39 is 11.9 Å². The van der Waals surface area contributed by atoms with Gasteiger partial charge in [0.15, 0.2) is 5.13 Å². The summed E-state index contributed by atoms with van der Waals surface area (Å²) in [5.41, 5.74) is 2.23. The van der Waals surface area contributed by atoms with Gasteiger partial charge in [-0.3, -0.25) is 14.9 Å². The number of thiazole rings is 1. The van der Waals surface area contributed by atoms with Crippen molar-refractivity contribution in [2.45, 2.75) is 51.5 Å². The van der Waals surface area contributed by atoms with E-state index in [0.717, 1.165) is 23.3 Å². The molecule has 0 aliphatic heterocycles. The molecule has 0 saturated heterocycles. The third kappa shape index (κ3) is 6.47. The lowest BCUT2D eigenvalue weighted by Crippen LogP contribution is -2.19. The summed E-state index contributed by atoms with van der Waals surface area (Å²) in [6.45, 7) is -0.370. The topological polar surface area (TPSA) is 103 Å². The summed E-state index contributed by atoms with van der Waals surface area (Å²) >= 11 is 13.9. The summed E-state index contributed by atoms with van der Waals surface area (Å²) < 4.78 is 12.6. The molecule has 0 radical (unpaired) electrons. The molecule has 1 aliphatic carbocycles. The molecule has 1 amide bonds. The van der Waals surface area contributed by atoms with Gasteiger partial charge in [0, 0.05) is 32.4 Å². The van der Waals surface area contributed by atoms with Crippen molar-refractivity contribution < 1.29 is 24.2 Å². The number of aromatic nitrogens is 2. The van der Waals surface area contributed by atoms with Crippen LogP contribution in [0.3, 0.4) is 0 Å². The quantitative estimate of drug-likeness (QED) is 0.188. The summed E-state index contributed by atoms with van der Waals surface area (Å²) in [4.78, 5) is 31.0. The molecule has 11 heteroatoms. The van der Waals surface area contributed by atoms with Crippen molar-refractivity contribution >= 4 is 62.4 Å². The Hall–Kier alpha value is -3.27. The predicted octanol–water partition coefficient (Wildman–Crippen LogP) is 7.94. The number of carbonyl (C=O) groups is 2. The number of hydrogen-bond donors (Lipinski definition) is 2. The molecule has 2 aromatic carbocycles. The van der Waals surface area contributed by atoms with Crippen LogP contribution in [0.2, 0.25) is 10.0 Å². The molecule has 0 atom stereocenters. The number of methoxy groups -OCH3 is 2. The molecule has 8 nitrogen and oxygen atoms in total. The standard InChI is InChI=1S/C30H31Cl2N3O5S/c1-39-24-15-21(32)25(40-2)14-20(24)28-26(11-8-17-6-4-3-5-7-17)41-30(33-28)34-29(38)23-13-18-12-19(31)9-10-22(18)35(23)16-27(36)37/h9-10,12-15,17H,3-8,11,16H2,1-2H3,(H,36,37)(H,33,34,38). The van der Waals surface area contributed by atoms with Crippen LogP contribution in [-0.4, -0.2) is 40.8 Å². The third-order valence-corrected chi connectivity index (χ3v) is 9.10. The van der Waals surface area contributed by atoms with Gasteiger partial charge in [-0.2, -0.15) is 0 Å². The molecule has 0 spiro atoms. The first-order valence-electron chi connectivity index (χ1n) is 13.5. The van der Waals surface area contributed by atoms with Gasteiger partial charge in [0.05, 0.1) is 24.9 Å². The molecule has 1 aliphatic rings. The van der Waals surface area contributed by atoms with Gasteiger partial charge in [0.1, 0.15) is 23.7 Å². The Labute approximate surface area is 252 Å². The second-order valence-electron chi connectivity index (χ2n) is 10.2. The van der Waals surface area contributed by atoms with Gasteiger partial charge in [-0.15, -0.1) is 11.3 Å². The Bertz CT molecular complexity index is 1590. The van der Waals surface area contributed by atoms with E-state index in [1.807, 2.05) is 0 Å². The number of fused-ring (bicyclic) bond motifs is 1. The van der Waals surface area contributed by atoms with E-state index in [0.29, 0.717) is 49.2 Å². The van der Waals surface area contributed by atoms with E-state index in [9.17, 15) is 14.7 Å². The highest BCUT2D eigenvalue weighted by Gasteiger charge is 2.24. The molecule has 1 saturated carbocycles. The molecule has 2 aromatic heterocycles. The number of carbonyl (C=O) groups excluding carboxylic acids is 1. The lowest BCUT2D eigenvalue weighted by Gasteiger charge is -2.21. The van der Waals surface area contributed by atoms with Crippen LogP contribution in [0.5, 0.6) is 11.5 Å². The Morgan fingerprint density at radius 3 is 2.54 bits per heavy atom. The van der Waals surface area contributed by atoms with E-state index in [4.69, 9.17) is 37.7 Å². The second-order valence-corrected chi connectivity index (χ2v) is 12.1. The molecular formula is C30H31Cl2N3O5S. The second kappa shape index (κ2) is 12.7. The summed E-state index contributed by atoms with van der Waals surface area (Å²) in [6, 6.07) is 10.2. The fraction of sp³-hybridized carbons (Fsp3) is 0.367. The van der Waals surface area contributed by atoms with E-state index in [2.05, 4.69) is 5.32 Å². The van der Waals surface area contributed by atoms with Crippen LogP contribution in [0.25, 0.3) is 22.2 Å². The van der Waals surface area contributed by atoms with Gasteiger partial charge in [-0.25, -0.2) is 4.98 Å². The lowest BCUT2D eigenvalue weighted by molar-refractivity contribution is -0.137. The minimum absolute atomic E-state index is 0.205. The van der Waals surface area contributed by atoms with E-state index in [1.165, 1.54) is 48.0 Å². The van der Waals surface area contributed by atoms with Crippen molar-refractivity contribution in [3.8, 4) is 22.8 Å². The normalized spacial score (nSPS) is 13.9. The number of aryl methyl sites for hydroxylation is 1. The van der Waals surface area contributed by atoms with E-state index in [1.54, 1.807) is 50.6 Å². The largest absolute Gasteiger partial charge is 0.496 e. The average Bonchev–Trinajstić information content (AvgIpc) is 3.52. The number of rotatable bonds is 10. The van der Waals surface area contributed by atoms with Crippen molar-refractivity contribution in [2.75, 3.05) is 19.5 Å². The number of carboxylic acids is 1. The maximum Gasteiger partial charge on any atom is 0.323 e. The number of nitrogens with one attached hydrogen (secondary N) is 1. The molecule has 5 rings (SSSR count). The van der Waals surface area contributed by atoms with Crippen LogP contribution in [0.4, 0.5) is 5.13 Å². The Kier molecular flexibility index (Phi) is 9.06. The number of hydrogen-bond acceptors (Lipinski definition) is 6. The van der Waals surface area contributed by atoms with Gasteiger partial charge >= 0.3 is 5.97 Å². The average molecular weight is 617 g/mol. The smallest absolute Gasteiger partial charge is 0.323 e. The zero-order chi connectivity index (χ0) is 29.1. The maximum absolute atomic E-state index is 13.5. The van der Waals surface area contributed by atoms with Crippen LogP contribution in [0.1, 0.15) is 53.9 Å². The van der Waals surface area contributed by atoms with E-state index in [-0.39, 0.29) is 12.2 Å². The molecule has 0 unspecified atom stereocenters. The monoisotopic (exact) mass is 615 g/mol. The first kappa shape index (κ1) is 29.2. The highest BCUT2D eigenvalue weighted by Crippen LogP contribution is 2.43. The fourth-order valence-corrected chi connectivity index (χ4v) is 6.94. The van der Waals surface area contributed by atoms with Crippen molar-refractivity contribution in [2.24, 2.45) is 5.92 Å². The summed E-state index contributed by atoms with van der Waals surface area (Å²) in [5, 5.41) is 14.4. The first-order chi connectivity index (χ1) is 19.8. The lowest BCUT2D eigenvalue weighted by atomic mass is 9.86. The number of benzene rings is 2. The number of amides is 1. The molecular weight excluding hydrogens is 585 g/mol. The SMILES string of the molecule is COc1cc(-c2nc(NC(=O)c3cc4cc(Cl)ccc4n3CC(=O)O)sc2CCC2CCCCC2)c(OC)cc1Cl. The van der Waals surface area contributed by atoms with Crippen LogP contribution >= 0.6 is 34.5 Å². The van der Waals surface area contributed by atoms with Gasteiger partial charge < -0.3 is 19.1 Å². The number of aliphatic carboxylic acids is 1. The first-order valence-corrected chi connectivity index (χ1v) is 15.1. The number of anilines is 1. The molecule has 1 fully saturated rings. The van der Waals surface area contributed by atoms with Crippen molar-refractivity contribution in [3.63, 3.8) is 0 Å². The molecule has 4 aromatic rings. The molecule has 0 bridgehead atoms. The van der Waals surface area contributed by atoms with Crippen molar-refractivity contribution in [1.82, 2.24) is 9.55 Å². The van der Waals surface area contributed by atoms with Gasteiger partial charge in [0.2, 0.25) is 0 Å². The molecule has 216 valence electrons. The van der Waals surface area contributed by atoms with Gasteiger partial charge in [-0.05, 0) is 49.1 Å². The number of halogens is 2. The van der Waals surface area contributed by atoms with Gasteiger partial charge in [-0.1, -0.05) is 55.3 Å². The van der Waals surface area contributed by atoms with Crippen LogP contribution in [0.15, 0.2) is 36.4 Å². The van der Waals surface area contributed by atoms with Crippen LogP contribution in [-0.2, 0) is 17.8 Å². The third-order valence-electron chi connectivity index (χ3n) is 7.54. The van der Waals surface area contributed by atoms with Gasteiger partial charge in [0.25, 0.3) is 5.91 Å². The van der Waals surface area contributed by atoms with Crippen LogP contribution < -0.4 is 14.8 Å². The van der Waals surface area contributed by atoms with Crippen molar-refractivity contribution in [1.29, 1.82) is 0 Å². The van der Waals surface area contributed by atoms with E-state index >= 15 is 0 Å². The Balaban J connectivity index is 1.51. The zero-order valence-electron chi connectivity index (χ0n) is 22.8. The maximum atomic E-state index is 13.5. The highest BCUT2D eigenvalue weighted by atomic mass is 35.5.